The first-order valence-electron chi connectivity index (χ1n) is 7.54. The summed E-state index contributed by atoms with van der Waals surface area (Å²) in [5.74, 6) is 1.29. The highest BCUT2D eigenvalue weighted by atomic mass is 16.5. The van der Waals surface area contributed by atoms with E-state index in [2.05, 4.69) is 4.90 Å². The highest BCUT2D eigenvalue weighted by Crippen LogP contribution is 2.27. The molecule has 0 radical (unpaired) electrons. The highest BCUT2D eigenvalue weighted by molar-refractivity contribution is 5.32. The van der Waals surface area contributed by atoms with Crippen LogP contribution in [0.3, 0.4) is 0 Å². The molecule has 1 aliphatic rings. The average Bonchev–Trinajstić information content (AvgIpc) is 2.43. The molecule has 1 unspecified atom stereocenters. The Balaban J connectivity index is 1.70. The van der Waals surface area contributed by atoms with Crippen molar-refractivity contribution in [3.8, 4) is 5.75 Å². The third-order valence-corrected chi connectivity index (χ3v) is 3.93. The van der Waals surface area contributed by atoms with E-state index in [1.54, 1.807) is 0 Å². The predicted molar refractivity (Wildman–Crippen MR) is 82.1 cm³/mol. The van der Waals surface area contributed by atoms with Crippen LogP contribution in [-0.4, -0.2) is 54.1 Å². The minimum absolute atomic E-state index is 0.121. The summed E-state index contributed by atoms with van der Waals surface area (Å²) in [5.41, 5.74) is 6.60. The van der Waals surface area contributed by atoms with Crippen molar-refractivity contribution >= 4 is 0 Å². The normalized spacial score (nSPS) is 22.9. The number of aliphatic hydroxyl groups is 2. The van der Waals surface area contributed by atoms with Crippen molar-refractivity contribution in [2.75, 3.05) is 26.7 Å². The van der Waals surface area contributed by atoms with Gasteiger partial charge in [0.25, 0.3) is 0 Å². The zero-order valence-corrected chi connectivity index (χ0v) is 12.6. The molecule has 0 saturated heterocycles. The van der Waals surface area contributed by atoms with Gasteiger partial charge in [-0.2, -0.15) is 0 Å². The van der Waals surface area contributed by atoms with E-state index in [0.717, 1.165) is 30.7 Å². The van der Waals surface area contributed by atoms with Gasteiger partial charge >= 0.3 is 0 Å². The van der Waals surface area contributed by atoms with Crippen LogP contribution >= 0.6 is 0 Å². The third-order valence-electron chi connectivity index (χ3n) is 3.93. The van der Waals surface area contributed by atoms with Gasteiger partial charge in [-0.15, -0.1) is 0 Å². The number of hydrogen-bond acceptors (Lipinski definition) is 5. The second kappa shape index (κ2) is 7.75. The number of nitrogens with zero attached hydrogens (tertiary/aromatic N) is 1. The number of para-hydroxylation sites is 1. The Morgan fingerprint density at radius 1 is 1.38 bits per heavy atom. The Bertz CT molecular complexity index is 435. The summed E-state index contributed by atoms with van der Waals surface area (Å²) in [5, 5.41) is 19.3. The zero-order valence-electron chi connectivity index (χ0n) is 12.6. The topological polar surface area (TPSA) is 79.0 Å². The highest BCUT2D eigenvalue weighted by Gasteiger charge is 2.28. The summed E-state index contributed by atoms with van der Waals surface area (Å²) < 4.78 is 5.66. The molecule has 5 nitrogen and oxygen atoms in total. The molecule has 4 N–H and O–H groups in total. The minimum atomic E-state index is -0.536. The van der Waals surface area contributed by atoms with E-state index >= 15 is 0 Å². The van der Waals surface area contributed by atoms with Gasteiger partial charge in [0.2, 0.25) is 0 Å². The summed E-state index contributed by atoms with van der Waals surface area (Å²) in [7, 11) is 1.99. The quantitative estimate of drug-likeness (QED) is 0.654. The lowest BCUT2D eigenvalue weighted by Gasteiger charge is -2.35. The first-order chi connectivity index (χ1) is 10.1. The molecule has 1 saturated carbocycles. The van der Waals surface area contributed by atoms with Gasteiger partial charge in [-0.25, -0.2) is 0 Å². The fourth-order valence-corrected chi connectivity index (χ4v) is 2.78. The van der Waals surface area contributed by atoms with Gasteiger partial charge in [-0.05, 0) is 31.9 Å². The molecule has 1 atom stereocenters. The van der Waals surface area contributed by atoms with Gasteiger partial charge in [-0.3, -0.25) is 0 Å². The van der Waals surface area contributed by atoms with Crippen molar-refractivity contribution < 1.29 is 14.9 Å². The molecule has 0 spiro atoms. The number of aliphatic hydroxyl groups excluding tert-OH is 2. The molecule has 0 aliphatic heterocycles. The minimum Gasteiger partial charge on any atom is -0.491 e. The SMILES string of the molecule is CN(CC(O)COc1ccccc1CN)CC1CC(O)C1. The molecule has 21 heavy (non-hydrogen) atoms. The van der Waals surface area contributed by atoms with Gasteiger partial charge in [0, 0.05) is 25.2 Å². The van der Waals surface area contributed by atoms with E-state index in [4.69, 9.17) is 10.5 Å². The molecule has 1 aromatic rings. The predicted octanol–water partition coefficient (Wildman–Crippen LogP) is 0.588. The van der Waals surface area contributed by atoms with Crippen molar-refractivity contribution in [2.45, 2.75) is 31.6 Å². The van der Waals surface area contributed by atoms with Crippen LogP contribution in [0.15, 0.2) is 24.3 Å². The molecule has 0 amide bonds. The first kappa shape index (κ1) is 16.2. The van der Waals surface area contributed by atoms with E-state index in [1.807, 2.05) is 31.3 Å². The van der Waals surface area contributed by atoms with Crippen LogP contribution in [0.25, 0.3) is 0 Å². The lowest BCUT2D eigenvalue weighted by Crippen LogP contribution is -2.40. The number of rotatable bonds is 8. The van der Waals surface area contributed by atoms with Crippen LogP contribution in [0.2, 0.25) is 0 Å². The Hall–Kier alpha value is -1.14. The molecular weight excluding hydrogens is 268 g/mol. The standard InChI is InChI=1S/C16H26N2O3/c1-18(9-12-6-14(19)7-12)10-15(20)11-21-16-5-3-2-4-13(16)8-17/h2-5,12,14-15,19-20H,6-11,17H2,1H3. The second-order valence-electron chi connectivity index (χ2n) is 5.99. The zero-order chi connectivity index (χ0) is 15.2. The molecule has 0 aromatic heterocycles. The van der Waals surface area contributed by atoms with E-state index in [-0.39, 0.29) is 12.7 Å². The van der Waals surface area contributed by atoms with Crippen molar-refractivity contribution in [1.82, 2.24) is 4.90 Å². The van der Waals surface area contributed by atoms with E-state index in [1.165, 1.54) is 0 Å². The number of benzene rings is 1. The lowest BCUT2D eigenvalue weighted by atomic mass is 9.82. The summed E-state index contributed by atoms with van der Waals surface area (Å²) in [4.78, 5) is 2.10. The van der Waals surface area contributed by atoms with Gasteiger partial charge in [0.15, 0.2) is 0 Å². The van der Waals surface area contributed by atoms with Crippen LogP contribution in [0.1, 0.15) is 18.4 Å². The van der Waals surface area contributed by atoms with Crippen molar-refractivity contribution in [2.24, 2.45) is 11.7 Å². The van der Waals surface area contributed by atoms with Crippen LogP contribution in [-0.2, 0) is 6.54 Å². The van der Waals surface area contributed by atoms with Crippen LogP contribution in [0.4, 0.5) is 0 Å². The summed E-state index contributed by atoms with van der Waals surface area (Å²) >= 11 is 0. The van der Waals surface area contributed by atoms with Crippen LogP contribution in [0, 0.1) is 5.92 Å². The molecule has 118 valence electrons. The van der Waals surface area contributed by atoms with Gasteiger partial charge in [0.05, 0.1) is 6.10 Å². The van der Waals surface area contributed by atoms with Crippen molar-refractivity contribution in [1.29, 1.82) is 0 Å². The summed E-state index contributed by atoms with van der Waals surface area (Å²) in [6.45, 7) is 2.16. The van der Waals surface area contributed by atoms with E-state index in [0.29, 0.717) is 19.0 Å². The van der Waals surface area contributed by atoms with Gasteiger partial charge in [0.1, 0.15) is 18.5 Å². The molecule has 5 heteroatoms. The maximum absolute atomic E-state index is 10.1. The molecular formula is C16H26N2O3. The van der Waals surface area contributed by atoms with E-state index < -0.39 is 6.10 Å². The van der Waals surface area contributed by atoms with E-state index in [9.17, 15) is 10.2 Å². The van der Waals surface area contributed by atoms with Crippen molar-refractivity contribution in [3.05, 3.63) is 29.8 Å². The first-order valence-corrected chi connectivity index (χ1v) is 7.54. The Morgan fingerprint density at radius 2 is 2.10 bits per heavy atom. The fourth-order valence-electron chi connectivity index (χ4n) is 2.78. The molecule has 0 heterocycles. The molecule has 0 bridgehead atoms. The molecule has 1 aromatic carbocycles. The number of hydrogen-bond donors (Lipinski definition) is 3. The Morgan fingerprint density at radius 3 is 2.76 bits per heavy atom. The number of ether oxygens (including phenoxy) is 1. The average molecular weight is 294 g/mol. The van der Waals surface area contributed by atoms with Crippen molar-refractivity contribution in [3.63, 3.8) is 0 Å². The van der Waals surface area contributed by atoms with Crippen LogP contribution in [0.5, 0.6) is 5.75 Å². The van der Waals surface area contributed by atoms with Gasteiger partial charge in [-0.1, -0.05) is 18.2 Å². The largest absolute Gasteiger partial charge is 0.491 e. The summed E-state index contributed by atoms with van der Waals surface area (Å²) in [6.07, 6.45) is 1.09. The number of likely N-dealkylation sites (N-methyl/N-ethyl adjacent to an activating group) is 1. The smallest absolute Gasteiger partial charge is 0.123 e. The van der Waals surface area contributed by atoms with Crippen LogP contribution < -0.4 is 10.5 Å². The fraction of sp³-hybridized carbons (Fsp3) is 0.625. The lowest BCUT2D eigenvalue weighted by molar-refractivity contribution is 0.0162. The monoisotopic (exact) mass is 294 g/mol. The Kier molecular flexibility index (Phi) is 5.99. The maximum atomic E-state index is 10.1. The second-order valence-corrected chi connectivity index (χ2v) is 5.99. The Labute approximate surface area is 126 Å². The molecule has 2 rings (SSSR count). The summed E-state index contributed by atoms with van der Waals surface area (Å²) in [6, 6.07) is 7.62. The molecule has 1 aliphatic carbocycles. The maximum Gasteiger partial charge on any atom is 0.123 e. The van der Waals surface area contributed by atoms with Gasteiger partial charge < -0.3 is 25.6 Å². The number of nitrogens with two attached hydrogens (primary N) is 1. The third kappa shape index (κ3) is 4.97. The molecule has 1 fully saturated rings.